The van der Waals surface area contributed by atoms with Crippen LogP contribution in [0.1, 0.15) is 11.1 Å². The van der Waals surface area contributed by atoms with Crippen molar-refractivity contribution in [2.24, 2.45) is 0 Å². The summed E-state index contributed by atoms with van der Waals surface area (Å²) in [4.78, 5) is 0. The van der Waals surface area contributed by atoms with Crippen molar-refractivity contribution >= 4 is 15.9 Å². The van der Waals surface area contributed by atoms with Crippen LogP contribution in [0.4, 0.5) is 35.1 Å². The molecule has 0 radical (unpaired) electrons. The highest BCUT2D eigenvalue weighted by atomic mass is 79.9. The Hall–Kier alpha value is -2.08. The van der Waals surface area contributed by atoms with Gasteiger partial charge >= 0.3 is 12.7 Å². The van der Waals surface area contributed by atoms with Crippen LogP contribution in [0.15, 0.2) is 36.4 Å². The molecular formula is C16H11BrF8O3. The van der Waals surface area contributed by atoms with Gasteiger partial charge in [-0.15, -0.1) is 26.3 Å². The molecule has 0 amide bonds. The van der Waals surface area contributed by atoms with E-state index in [1.807, 2.05) is 0 Å². The van der Waals surface area contributed by atoms with E-state index in [4.69, 9.17) is 5.11 Å². The first-order valence-corrected chi connectivity index (χ1v) is 8.22. The zero-order valence-corrected chi connectivity index (χ0v) is 15.1. The van der Waals surface area contributed by atoms with Crippen molar-refractivity contribution in [1.29, 1.82) is 0 Å². The Morgan fingerprint density at radius 3 is 1.46 bits per heavy atom. The van der Waals surface area contributed by atoms with Gasteiger partial charge in [0.1, 0.15) is 0 Å². The molecule has 1 N–H and O–H groups in total. The van der Waals surface area contributed by atoms with Gasteiger partial charge in [-0.25, -0.2) is 8.78 Å². The molecule has 0 aliphatic heterocycles. The highest BCUT2D eigenvalue weighted by Crippen LogP contribution is 2.27. The minimum absolute atomic E-state index is 0.178. The van der Waals surface area contributed by atoms with Gasteiger partial charge in [-0.05, 0) is 35.4 Å². The number of rotatable bonds is 4. The Balaban J connectivity index is 0.000000280. The third kappa shape index (κ3) is 8.74. The van der Waals surface area contributed by atoms with Gasteiger partial charge in [0.15, 0.2) is 23.1 Å². The molecule has 0 aliphatic carbocycles. The molecule has 156 valence electrons. The summed E-state index contributed by atoms with van der Waals surface area (Å²) in [6.45, 7) is -0.441. The lowest BCUT2D eigenvalue weighted by molar-refractivity contribution is -0.276. The standard InChI is InChI=1S/C8H5BrF4O.C8H6F4O2/c9-4-5-1-2-7(6(10)3-5)14-8(11,12)13;9-6-3-5(4-13)1-2-7(6)14-8(10,11)12/h1-3H,4H2;1-3,13H,4H2. The molecule has 0 unspecified atom stereocenters. The second-order valence-electron chi connectivity index (χ2n) is 4.92. The highest BCUT2D eigenvalue weighted by molar-refractivity contribution is 9.08. The van der Waals surface area contributed by atoms with Crippen molar-refractivity contribution in [1.82, 2.24) is 0 Å². The molecule has 0 saturated heterocycles. The fourth-order valence-corrected chi connectivity index (χ4v) is 2.03. The minimum atomic E-state index is -4.92. The summed E-state index contributed by atoms with van der Waals surface area (Å²) in [7, 11) is 0. The van der Waals surface area contributed by atoms with E-state index in [2.05, 4.69) is 25.4 Å². The number of alkyl halides is 7. The predicted octanol–water partition coefficient (Wildman–Crippen LogP) is 5.84. The molecular weight excluding hydrogens is 472 g/mol. The van der Waals surface area contributed by atoms with Crippen LogP contribution in [0.3, 0.4) is 0 Å². The van der Waals surface area contributed by atoms with Gasteiger partial charge in [0.05, 0.1) is 6.61 Å². The monoisotopic (exact) mass is 482 g/mol. The van der Waals surface area contributed by atoms with Gasteiger partial charge in [-0.1, -0.05) is 28.1 Å². The van der Waals surface area contributed by atoms with Crippen LogP contribution < -0.4 is 9.47 Å². The van der Waals surface area contributed by atoms with E-state index < -0.39 is 42.5 Å². The first kappa shape index (κ1) is 24.0. The lowest BCUT2D eigenvalue weighted by Crippen LogP contribution is -2.18. The zero-order chi connectivity index (χ0) is 21.5. The number of halogens is 9. The van der Waals surface area contributed by atoms with Crippen LogP contribution in [0, 0.1) is 11.6 Å². The molecule has 0 saturated carbocycles. The maximum absolute atomic E-state index is 12.9. The summed E-state index contributed by atoms with van der Waals surface area (Å²) < 4.78 is 103. The highest BCUT2D eigenvalue weighted by Gasteiger charge is 2.33. The van der Waals surface area contributed by atoms with Gasteiger partial charge in [0, 0.05) is 5.33 Å². The van der Waals surface area contributed by atoms with Crippen molar-refractivity contribution in [2.45, 2.75) is 24.7 Å². The van der Waals surface area contributed by atoms with E-state index in [1.54, 1.807) is 0 Å². The molecule has 0 aromatic heterocycles. The Morgan fingerprint density at radius 1 is 0.750 bits per heavy atom. The minimum Gasteiger partial charge on any atom is -0.403 e. The van der Waals surface area contributed by atoms with Crippen molar-refractivity contribution in [2.75, 3.05) is 0 Å². The van der Waals surface area contributed by atoms with Gasteiger partial charge in [-0.2, -0.15) is 0 Å². The third-order valence-corrected chi connectivity index (χ3v) is 3.43. The van der Waals surface area contributed by atoms with Crippen LogP contribution in [0.25, 0.3) is 0 Å². The summed E-state index contributed by atoms with van der Waals surface area (Å²) in [5.74, 6) is -3.91. The predicted molar refractivity (Wildman–Crippen MR) is 84.7 cm³/mol. The first-order valence-electron chi connectivity index (χ1n) is 7.10. The molecule has 0 bridgehead atoms. The number of benzene rings is 2. The molecule has 0 atom stereocenters. The second kappa shape index (κ2) is 9.92. The first-order chi connectivity index (χ1) is 12.8. The molecule has 12 heteroatoms. The molecule has 0 spiro atoms. The van der Waals surface area contributed by atoms with Crippen molar-refractivity contribution in [3.05, 3.63) is 59.2 Å². The Morgan fingerprint density at radius 2 is 1.14 bits per heavy atom. The maximum atomic E-state index is 12.9. The molecule has 0 heterocycles. The van der Waals surface area contributed by atoms with Gasteiger partial charge in [0.25, 0.3) is 0 Å². The molecule has 0 fully saturated rings. The molecule has 28 heavy (non-hydrogen) atoms. The number of ether oxygens (including phenoxy) is 2. The van der Waals surface area contributed by atoms with Gasteiger partial charge < -0.3 is 14.6 Å². The van der Waals surface area contributed by atoms with Crippen LogP contribution >= 0.6 is 15.9 Å². The largest absolute Gasteiger partial charge is 0.573 e. The summed E-state index contributed by atoms with van der Waals surface area (Å²) in [6, 6.07) is 6.01. The maximum Gasteiger partial charge on any atom is 0.573 e. The van der Waals surface area contributed by atoms with E-state index in [0.29, 0.717) is 10.9 Å². The molecule has 2 aromatic rings. The number of aliphatic hydroxyl groups is 1. The van der Waals surface area contributed by atoms with Gasteiger partial charge in [-0.3, -0.25) is 0 Å². The lowest BCUT2D eigenvalue weighted by atomic mass is 10.2. The van der Waals surface area contributed by atoms with Crippen molar-refractivity contribution < 1.29 is 49.7 Å². The topological polar surface area (TPSA) is 38.7 Å². The lowest BCUT2D eigenvalue weighted by Gasteiger charge is -2.09. The fourth-order valence-electron chi connectivity index (χ4n) is 1.69. The summed E-state index contributed by atoms with van der Waals surface area (Å²) in [6.07, 6.45) is -9.78. The van der Waals surface area contributed by atoms with Crippen molar-refractivity contribution in [3.63, 3.8) is 0 Å². The molecule has 0 aliphatic rings. The zero-order valence-electron chi connectivity index (χ0n) is 13.5. The second-order valence-corrected chi connectivity index (χ2v) is 5.48. The third-order valence-electron chi connectivity index (χ3n) is 2.78. The van der Waals surface area contributed by atoms with E-state index in [9.17, 15) is 35.1 Å². The summed E-state index contributed by atoms with van der Waals surface area (Å²) >= 11 is 3.05. The summed E-state index contributed by atoms with van der Waals surface area (Å²) in [5, 5.41) is 8.93. The Labute approximate surface area is 161 Å². The Kier molecular flexibility index (Phi) is 8.48. The smallest absolute Gasteiger partial charge is 0.403 e. The van der Waals surface area contributed by atoms with E-state index in [1.165, 1.54) is 6.07 Å². The molecule has 2 rings (SSSR count). The van der Waals surface area contributed by atoms with Crippen molar-refractivity contribution in [3.8, 4) is 11.5 Å². The van der Waals surface area contributed by atoms with E-state index in [0.717, 1.165) is 30.3 Å². The van der Waals surface area contributed by atoms with Crippen LogP contribution in [-0.2, 0) is 11.9 Å². The van der Waals surface area contributed by atoms with Crippen LogP contribution in [0.2, 0.25) is 0 Å². The van der Waals surface area contributed by atoms with Crippen LogP contribution in [-0.4, -0.2) is 17.8 Å². The normalized spacial score (nSPS) is 11.5. The SMILES string of the molecule is Fc1cc(CBr)ccc1OC(F)(F)F.OCc1ccc(OC(F)(F)F)c(F)c1. The average Bonchev–Trinajstić information content (AvgIpc) is 2.57. The molecule has 3 nitrogen and oxygen atoms in total. The summed E-state index contributed by atoms with van der Waals surface area (Å²) in [5.41, 5.74) is 0.717. The van der Waals surface area contributed by atoms with E-state index >= 15 is 0 Å². The number of hydrogen-bond donors (Lipinski definition) is 1. The van der Waals surface area contributed by atoms with Gasteiger partial charge in [0.2, 0.25) is 0 Å². The number of hydrogen-bond acceptors (Lipinski definition) is 3. The fraction of sp³-hybridized carbons (Fsp3) is 0.250. The average molecular weight is 483 g/mol. The Bertz CT molecular complexity index is 712. The number of aliphatic hydroxyl groups excluding tert-OH is 1. The van der Waals surface area contributed by atoms with Crippen LogP contribution in [0.5, 0.6) is 11.5 Å². The molecule has 2 aromatic carbocycles. The van der Waals surface area contributed by atoms with E-state index in [-0.39, 0.29) is 5.56 Å². The quantitative estimate of drug-likeness (QED) is 0.439.